The predicted octanol–water partition coefficient (Wildman–Crippen LogP) is 4.35. The number of benzene rings is 2. The third-order valence-electron chi connectivity index (χ3n) is 6.64. The van der Waals surface area contributed by atoms with Crippen molar-refractivity contribution in [3.8, 4) is 5.69 Å². The zero-order valence-electron chi connectivity index (χ0n) is 19.3. The van der Waals surface area contributed by atoms with E-state index in [1.165, 1.54) is 10.4 Å². The number of sulfonamides is 1. The Morgan fingerprint density at radius 1 is 0.944 bits per heavy atom. The van der Waals surface area contributed by atoms with Gasteiger partial charge in [0.1, 0.15) is 0 Å². The lowest BCUT2D eigenvalue weighted by Crippen LogP contribution is -2.49. The topological polar surface area (TPSA) is 75.5 Å². The summed E-state index contributed by atoms with van der Waals surface area (Å²) in [4.78, 5) is 14.4. The van der Waals surface area contributed by atoms with Crippen LogP contribution in [0.25, 0.3) is 5.69 Å². The number of carbonyl (C=O) groups is 1. The van der Waals surface area contributed by atoms with Crippen LogP contribution in [0.2, 0.25) is 0 Å². The molecule has 11 heteroatoms. The standard InChI is InChI=1S/C25H25F3N4O3S/c26-25(27,28)19-3-1-4-23(17-19)36(34,35)32(21-9-10-21)22-11-15-30(16-12-22)24(33)18-5-7-20(8-6-18)31-14-2-13-29-31/h1-8,13-14,17,21-22H,9-12,15-16H2. The van der Waals surface area contributed by atoms with E-state index in [1.54, 1.807) is 40.2 Å². The van der Waals surface area contributed by atoms with Crippen LogP contribution in [-0.2, 0) is 16.2 Å². The number of hydrogen-bond acceptors (Lipinski definition) is 4. The van der Waals surface area contributed by atoms with Crippen molar-refractivity contribution >= 4 is 15.9 Å². The second-order valence-corrected chi connectivity index (χ2v) is 11.0. The Morgan fingerprint density at radius 2 is 1.61 bits per heavy atom. The quantitative estimate of drug-likeness (QED) is 0.486. The van der Waals surface area contributed by atoms with E-state index in [4.69, 9.17) is 0 Å². The van der Waals surface area contributed by atoms with Gasteiger partial charge in [0.15, 0.2) is 0 Å². The Bertz CT molecular complexity index is 1330. The zero-order chi connectivity index (χ0) is 25.5. The molecule has 3 aromatic rings. The molecule has 2 fully saturated rings. The number of amides is 1. The first-order chi connectivity index (χ1) is 17.1. The van der Waals surface area contributed by atoms with Gasteiger partial charge in [-0.1, -0.05) is 6.07 Å². The van der Waals surface area contributed by atoms with Crippen molar-refractivity contribution in [3.63, 3.8) is 0 Å². The molecule has 1 aliphatic heterocycles. The smallest absolute Gasteiger partial charge is 0.339 e. The van der Waals surface area contributed by atoms with Gasteiger partial charge >= 0.3 is 6.18 Å². The van der Waals surface area contributed by atoms with Gasteiger partial charge in [-0.2, -0.15) is 22.6 Å². The molecule has 1 saturated carbocycles. The van der Waals surface area contributed by atoms with Crippen LogP contribution in [0.3, 0.4) is 0 Å². The number of hydrogen-bond donors (Lipinski definition) is 0. The number of piperidine rings is 1. The highest BCUT2D eigenvalue weighted by Gasteiger charge is 2.44. The van der Waals surface area contributed by atoms with E-state index in [1.807, 2.05) is 12.1 Å². The van der Waals surface area contributed by atoms with Gasteiger partial charge in [0.2, 0.25) is 10.0 Å². The number of nitrogens with zero attached hydrogens (tertiary/aromatic N) is 4. The summed E-state index contributed by atoms with van der Waals surface area (Å²) >= 11 is 0. The highest BCUT2D eigenvalue weighted by molar-refractivity contribution is 7.89. The number of aromatic nitrogens is 2. The van der Waals surface area contributed by atoms with Crippen molar-refractivity contribution in [2.45, 2.75) is 48.8 Å². The Labute approximate surface area is 207 Å². The SMILES string of the molecule is O=C(c1ccc(-n2cccn2)cc1)N1CCC(N(C2CC2)S(=O)(=O)c2cccc(C(F)(F)F)c2)CC1. The van der Waals surface area contributed by atoms with Gasteiger partial charge in [-0.15, -0.1) is 0 Å². The summed E-state index contributed by atoms with van der Waals surface area (Å²) in [6.45, 7) is 0.734. The van der Waals surface area contributed by atoms with Crippen LogP contribution in [0.5, 0.6) is 0 Å². The van der Waals surface area contributed by atoms with Crippen LogP contribution < -0.4 is 0 Å². The van der Waals surface area contributed by atoms with Crippen LogP contribution in [0.15, 0.2) is 71.9 Å². The third kappa shape index (κ3) is 4.90. The molecule has 1 aliphatic carbocycles. The molecule has 0 atom stereocenters. The molecule has 5 rings (SSSR count). The first-order valence-corrected chi connectivity index (χ1v) is 13.2. The van der Waals surface area contributed by atoms with Gasteiger partial charge in [0.25, 0.3) is 5.91 Å². The molecule has 0 bridgehead atoms. The minimum absolute atomic E-state index is 0.140. The Hall–Kier alpha value is -3.18. The van der Waals surface area contributed by atoms with Crippen molar-refractivity contribution < 1.29 is 26.4 Å². The molecule has 0 spiro atoms. The van der Waals surface area contributed by atoms with Crippen molar-refractivity contribution in [1.29, 1.82) is 0 Å². The summed E-state index contributed by atoms with van der Waals surface area (Å²) in [6, 6.07) is 12.2. The van der Waals surface area contributed by atoms with E-state index in [2.05, 4.69) is 5.10 Å². The number of carbonyl (C=O) groups excluding carboxylic acids is 1. The minimum Gasteiger partial charge on any atom is -0.339 e. The zero-order valence-corrected chi connectivity index (χ0v) is 20.1. The lowest BCUT2D eigenvalue weighted by Gasteiger charge is -2.38. The average Bonchev–Trinajstić information content (AvgIpc) is 3.54. The molecule has 0 unspecified atom stereocenters. The van der Waals surface area contributed by atoms with E-state index >= 15 is 0 Å². The maximum Gasteiger partial charge on any atom is 0.416 e. The van der Waals surface area contributed by atoms with Crippen LogP contribution in [0.4, 0.5) is 13.2 Å². The van der Waals surface area contributed by atoms with E-state index in [-0.39, 0.29) is 22.9 Å². The van der Waals surface area contributed by atoms with Gasteiger partial charge in [-0.3, -0.25) is 4.79 Å². The van der Waals surface area contributed by atoms with Crippen LogP contribution in [0, 0.1) is 0 Å². The largest absolute Gasteiger partial charge is 0.416 e. The average molecular weight is 519 g/mol. The lowest BCUT2D eigenvalue weighted by molar-refractivity contribution is -0.137. The number of rotatable bonds is 6. The molecule has 2 aliphatic rings. The maximum atomic E-state index is 13.4. The van der Waals surface area contributed by atoms with E-state index in [0.29, 0.717) is 50.4 Å². The van der Waals surface area contributed by atoms with Gasteiger partial charge in [-0.05, 0) is 74.2 Å². The van der Waals surface area contributed by atoms with Crippen molar-refractivity contribution in [1.82, 2.24) is 19.0 Å². The Kier molecular flexibility index (Phi) is 6.37. The summed E-state index contributed by atoms with van der Waals surface area (Å²) in [5.74, 6) is -0.140. The van der Waals surface area contributed by atoms with Crippen molar-refractivity contribution in [2.75, 3.05) is 13.1 Å². The number of likely N-dealkylation sites (tertiary alicyclic amines) is 1. The van der Waals surface area contributed by atoms with Crippen molar-refractivity contribution in [2.24, 2.45) is 0 Å². The summed E-state index contributed by atoms with van der Waals surface area (Å²) in [6.07, 6.45) is 1.05. The molecular formula is C25H25F3N4O3S. The highest BCUT2D eigenvalue weighted by Crippen LogP contribution is 2.38. The molecule has 190 valence electrons. The Morgan fingerprint density at radius 3 is 2.19 bits per heavy atom. The summed E-state index contributed by atoms with van der Waals surface area (Å²) < 4.78 is 69.5. The molecule has 2 heterocycles. The molecule has 7 nitrogen and oxygen atoms in total. The number of alkyl halides is 3. The Balaban J connectivity index is 1.28. The number of halogens is 3. The van der Waals surface area contributed by atoms with Crippen molar-refractivity contribution in [3.05, 3.63) is 78.1 Å². The molecule has 0 N–H and O–H groups in total. The fourth-order valence-corrected chi connectivity index (χ4v) is 6.64. The third-order valence-corrected chi connectivity index (χ3v) is 8.64. The molecule has 1 amide bonds. The van der Waals surface area contributed by atoms with E-state index in [9.17, 15) is 26.4 Å². The van der Waals surface area contributed by atoms with Crippen LogP contribution in [-0.4, -0.2) is 58.5 Å². The first kappa shape index (κ1) is 24.5. The minimum atomic E-state index is -4.63. The molecule has 2 aromatic carbocycles. The summed E-state index contributed by atoms with van der Waals surface area (Å²) in [5, 5.41) is 4.17. The molecular weight excluding hydrogens is 493 g/mol. The second kappa shape index (κ2) is 9.36. The van der Waals surface area contributed by atoms with Gasteiger partial charge in [-0.25, -0.2) is 13.1 Å². The predicted molar refractivity (Wildman–Crippen MR) is 126 cm³/mol. The van der Waals surface area contributed by atoms with Gasteiger partial charge in [0, 0.05) is 43.1 Å². The maximum absolute atomic E-state index is 13.4. The molecule has 1 aromatic heterocycles. The van der Waals surface area contributed by atoms with Crippen LogP contribution in [0.1, 0.15) is 41.6 Å². The molecule has 0 radical (unpaired) electrons. The normalized spacial score (nSPS) is 17.5. The van der Waals surface area contributed by atoms with Crippen LogP contribution >= 0.6 is 0 Å². The lowest BCUT2D eigenvalue weighted by atomic mass is 10.0. The second-order valence-electron chi connectivity index (χ2n) is 9.11. The first-order valence-electron chi connectivity index (χ1n) is 11.7. The molecule has 1 saturated heterocycles. The fraction of sp³-hybridized carbons (Fsp3) is 0.360. The molecule has 36 heavy (non-hydrogen) atoms. The monoisotopic (exact) mass is 518 g/mol. The highest BCUT2D eigenvalue weighted by atomic mass is 32.2. The van der Waals surface area contributed by atoms with E-state index < -0.39 is 21.8 Å². The van der Waals surface area contributed by atoms with Gasteiger partial charge < -0.3 is 4.90 Å². The fourth-order valence-electron chi connectivity index (χ4n) is 4.66. The summed E-state index contributed by atoms with van der Waals surface area (Å²) in [7, 11) is -4.11. The van der Waals surface area contributed by atoms with E-state index in [0.717, 1.165) is 17.8 Å². The van der Waals surface area contributed by atoms with Gasteiger partial charge in [0.05, 0.1) is 16.1 Å². The summed E-state index contributed by atoms with van der Waals surface area (Å²) in [5.41, 5.74) is 0.369.